The van der Waals surface area contributed by atoms with Crippen molar-refractivity contribution in [3.05, 3.63) is 71.8 Å². The lowest BCUT2D eigenvalue weighted by atomic mass is 10.1. The molecule has 2 rings (SSSR count). The summed E-state index contributed by atoms with van der Waals surface area (Å²) >= 11 is 0. The summed E-state index contributed by atoms with van der Waals surface area (Å²) in [6, 6.07) is 21.1. The number of nitrogens with zero attached hydrogens (tertiary/aromatic N) is 1. The summed E-state index contributed by atoms with van der Waals surface area (Å²) in [7, 11) is 0. The van der Waals surface area contributed by atoms with E-state index in [1.54, 1.807) is 0 Å². The van der Waals surface area contributed by atoms with Crippen LogP contribution < -0.4 is 0 Å². The molecule has 0 saturated heterocycles. The third-order valence-corrected chi connectivity index (χ3v) is 3.75. The number of aliphatic hydroxyl groups is 1. The van der Waals surface area contributed by atoms with Crippen LogP contribution in [0.25, 0.3) is 0 Å². The summed E-state index contributed by atoms with van der Waals surface area (Å²) < 4.78 is 0. The lowest BCUT2D eigenvalue weighted by molar-refractivity contribution is 0.132. The second kappa shape index (κ2) is 8.60. The molecule has 0 fully saturated rings. The molecule has 2 aromatic rings. The fraction of sp³-hybridized carbons (Fsp3) is 0.368. The van der Waals surface area contributed by atoms with Gasteiger partial charge in [0.2, 0.25) is 0 Å². The van der Waals surface area contributed by atoms with Gasteiger partial charge < -0.3 is 5.11 Å². The smallest absolute Gasteiger partial charge is 0.0549 e. The van der Waals surface area contributed by atoms with E-state index in [0.29, 0.717) is 0 Å². The van der Waals surface area contributed by atoms with Crippen LogP contribution in [0.4, 0.5) is 0 Å². The Balaban J connectivity index is 1.99. The zero-order valence-electron chi connectivity index (χ0n) is 12.8. The Hall–Kier alpha value is -1.64. The molecule has 2 aromatic carbocycles. The minimum atomic E-state index is -0.195. The quantitative estimate of drug-likeness (QED) is 0.795. The average Bonchev–Trinajstić information content (AvgIpc) is 2.54. The Morgan fingerprint density at radius 3 is 1.76 bits per heavy atom. The topological polar surface area (TPSA) is 23.5 Å². The summed E-state index contributed by atoms with van der Waals surface area (Å²) in [5, 5.41) is 9.81. The number of rotatable bonds is 8. The van der Waals surface area contributed by atoms with Crippen molar-refractivity contribution in [2.75, 3.05) is 6.54 Å². The molecular formula is C19H25NO. The van der Waals surface area contributed by atoms with Gasteiger partial charge in [-0.2, -0.15) is 0 Å². The van der Waals surface area contributed by atoms with E-state index in [0.717, 1.165) is 32.5 Å². The van der Waals surface area contributed by atoms with Gasteiger partial charge in [-0.1, -0.05) is 67.6 Å². The molecule has 0 aliphatic heterocycles. The van der Waals surface area contributed by atoms with Gasteiger partial charge in [-0.3, -0.25) is 4.90 Å². The molecule has 0 aromatic heterocycles. The molecule has 0 bridgehead atoms. The van der Waals surface area contributed by atoms with Gasteiger partial charge in [0.15, 0.2) is 0 Å². The molecule has 21 heavy (non-hydrogen) atoms. The standard InChI is InChI=1S/C19H25NO/c1-2-19(21)13-14-20(15-17-9-5-3-6-10-17)16-18-11-7-4-8-12-18/h3-12,19,21H,2,13-16H2,1H3/t19-/m0/s1. The maximum Gasteiger partial charge on any atom is 0.0549 e. The molecule has 1 N–H and O–H groups in total. The molecule has 0 saturated carbocycles. The van der Waals surface area contributed by atoms with E-state index in [4.69, 9.17) is 0 Å². The Bertz CT molecular complexity index is 456. The van der Waals surface area contributed by atoms with Crippen molar-refractivity contribution in [2.24, 2.45) is 0 Å². The van der Waals surface area contributed by atoms with Crippen LogP contribution in [0.15, 0.2) is 60.7 Å². The average molecular weight is 283 g/mol. The van der Waals surface area contributed by atoms with Gasteiger partial charge in [0.1, 0.15) is 0 Å². The fourth-order valence-corrected chi connectivity index (χ4v) is 2.43. The zero-order chi connectivity index (χ0) is 14.9. The lowest BCUT2D eigenvalue weighted by Gasteiger charge is -2.23. The molecule has 0 heterocycles. The van der Waals surface area contributed by atoms with Crippen molar-refractivity contribution in [2.45, 2.75) is 39.0 Å². The van der Waals surface area contributed by atoms with Gasteiger partial charge in [-0.25, -0.2) is 0 Å². The van der Waals surface area contributed by atoms with Gasteiger partial charge in [0.05, 0.1) is 6.10 Å². The van der Waals surface area contributed by atoms with Crippen LogP contribution in [0.1, 0.15) is 30.9 Å². The molecule has 112 valence electrons. The normalized spacial score (nSPS) is 12.5. The second-order valence-corrected chi connectivity index (χ2v) is 5.53. The van der Waals surface area contributed by atoms with E-state index in [9.17, 15) is 5.11 Å². The molecule has 0 amide bonds. The Morgan fingerprint density at radius 2 is 1.33 bits per heavy atom. The van der Waals surface area contributed by atoms with E-state index < -0.39 is 0 Å². The summed E-state index contributed by atoms with van der Waals surface area (Å²) in [6.07, 6.45) is 1.46. The van der Waals surface area contributed by atoms with Crippen molar-refractivity contribution < 1.29 is 5.11 Å². The Labute approximate surface area is 128 Å². The van der Waals surface area contributed by atoms with Crippen molar-refractivity contribution >= 4 is 0 Å². The number of hydrogen-bond donors (Lipinski definition) is 1. The molecular weight excluding hydrogens is 258 g/mol. The lowest BCUT2D eigenvalue weighted by Crippen LogP contribution is -2.26. The van der Waals surface area contributed by atoms with Crippen molar-refractivity contribution in [1.82, 2.24) is 4.90 Å². The van der Waals surface area contributed by atoms with Gasteiger partial charge in [0.25, 0.3) is 0 Å². The summed E-state index contributed by atoms with van der Waals surface area (Å²) in [5.74, 6) is 0. The van der Waals surface area contributed by atoms with Crippen molar-refractivity contribution in [3.63, 3.8) is 0 Å². The largest absolute Gasteiger partial charge is 0.393 e. The van der Waals surface area contributed by atoms with Gasteiger partial charge >= 0.3 is 0 Å². The van der Waals surface area contributed by atoms with Crippen LogP contribution in [-0.2, 0) is 13.1 Å². The van der Waals surface area contributed by atoms with E-state index >= 15 is 0 Å². The summed E-state index contributed by atoms with van der Waals surface area (Å²) in [4.78, 5) is 2.41. The first kappa shape index (κ1) is 15.7. The van der Waals surface area contributed by atoms with Crippen molar-refractivity contribution in [1.29, 1.82) is 0 Å². The van der Waals surface area contributed by atoms with Gasteiger partial charge in [0, 0.05) is 19.6 Å². The predicted molar refractivity (Wildman–Crippen MR) is 87.9 cm³/mol. The summed E-state index contributed by atoms with van der Waals surface area (Å²) in [6.45, 7) is 4.79. The zero-order valence-corrected chi connectivity index (χ0v) is 12.8. The minimum Gasteiger partial charge on any atom is -0.393 e. The Morgan fingerprint density at radius 1 is 0.857 bits per heavy atom. The SMILES string of the molecule is CC[C@H](O)CCN(Cc1ccccc1)Cc1ccccc1. The molecule has 0 unspecified atom stereocenters. The van der Waals surface area contributed by atoms with E-state index in [-0.39, 0.29) is 6.10 Å². The first-order chi connectivity index (χ1) is 10.3. The third kappa shape index (κ3) is 5.70. The second-order valence-electron chi connectivity index (χ2n) is 5.53. The monoisotopic (exact) mass is 283 g/mol. The molecule has 0 aliphatic rings. The number of aliphatic hydroxyl groups excluding tert-OH is 1. The van der Waals surface area contributed by atoms with Crippen LogP contribution in [0, 0.1) is 0 Å². The van der Waals surface area contributed by atoms with Gasteiger partial charge in [-0.15, -0.1) is 0 Å². The maximum absolute atomic E-state index is 9.81. The van der Waals surface area contributed by atoms with Crippen LogP contribution in [0.3, 0.4) is 0 Å². The van der Waals surface area contributed by atoms with Crippen molar-refractivity contribution in [3.8, 4) is 0 Å². The van der Waals surface area contributed by atoms with Crippen LogP contribution in [0.5, 0.6) is 0 Å². The predicted octanol–water partition coefficient (Wildman–Crippen LogP) is 3.85. The fourth-order valence-electron chi connectivity index (χ4n) is 2.43. The highest BCUT2D eigenvalue weighted by atomic mass is 16.3. The Kier molecular flexibility index (Phi) is 6.45. The molecule has 2 heteroatoms. The molecule has 0 radical (unpaired) electrons. The maximum atomic E-state index is 9.81. The van der Waals surface area contributed by atoms with Gasteiger partial charge in [-0.05, 0) is 24.0 Å². The molecule has 1 atom stereocenters. The molecule has 0 aliphatic carbocycles. The highest BCUT2D eigenvalue weighted by Gasteiger charge is 2.09. The number of benzene rings is 2. The minimum absolute atomic E-state index is 0.195. The summed E-state index contributed by atoms with van der Waals surface area (Å²) in [5.41, 5.74) is 2.64. The van der Waals surface area contributed by atoms with Crippen LogP contribution in [0.2, 0.25) is 0 Å². The highest BCUT2D eigenvalue weighted by Crippen LogP contribution is 2.11. The first-order valence-electron chi connectivity index (χ1n) is 7.76. The van der Waals surface area contributed by atoms with Crippen LogP contribution >= 0.6 is 0 Å². The highest BCUT2D eigenvalue weighted by molar-refractivity contribution is 5.17. The van der Waals surface area contributed by atoms with Crippen LogP contribution in [-0.4, -0.2) is 22.7 Å². The number of hydrogen-bond acceptors (Lipinski definition) is 2. The molecule has 0 spiro atoms. The third-order valence-electron chi connectivity index (χ3n) is 3.75. The molecule has 2 nitrogen and oxygen atoms in total. The van der Waals surface area contributed by atoms with E-state index in [1.165, 1.54) is 11.1 Å². The van der Waals surface area contributed by atoms with E-state index in [2.05, 4.69) is 53.4 Å². The first-order valence-corrected chi connectivity index (χ1v) is 7.76. The van der Waals surface area contributed by atoms with E-state index in [1.807, 2.05) is 19.1 Å².